The predicted molar refractivity (Wildman–Crippen MR) is 75.9 cm³/mol. The Labute approximate surface area is 119 Å². The lowest BCUT2D eigenvalue weighted by atomic mass is 9.74. The third-order valence-corrected chi connectivity index (χ3v) is 4.24. The number of hydrogen-bond acceptors (Lipinski definition) is 2. The number of halogens is 1. The number of rotatable bonds is 6. The molecule has 0 saturated heterocycles. The zero-order valence-electron chi connectivity index (χ0n) is 11.9. The Kier molecular flexibility index (Phi) is 4.76. The summed E-state index contributed by atoms with van der Waals surface area (Å²) in [6, 6.07) is 6.28. The van der Waals surface area contributed by atoms with Crippen LogP contribution in [-0.4, -0.2) is 23.2 Å². The Morgan fingerprint density at radius 2 is 2.05 bits per heavy atom. The van der Waals surface area contributed by atoms with Gasteiger partial charge < -0.3 is 10.4 Å². The molecule has 1 aliphatic rings. The summed E-state index contributed by atoms with van der Waals surface area (Å²) in [6.45, 7) is 2.07. The van der Waals surface area contributed by atoms with E-state index in [1.54, 1.807) is 12.1 Å². The van der Waals surface area contributed by atoms with Gasteiger partial charge in [-0.25, -0.2) is 4.39 Å². The first-order valence-electron chi connectivity index (χ1n) is 7.22. The van der Waals surface area contributed by atoms with Crippen LogP contribution in [0.3, 0.4) is 0 Å². The molecule has 3 nitrogen and oxygen atoms in total. The highest BCUT2D eigenvalue weighted by atomic mass is 19.1. The van der Waals surface area contributed by atoms with Gasteiger partial charge in [-0.05, 0) is 49.3 Å². The van der Waals surface area contributed by atoms with Gasteiger partial charge in [-0.3, -0.25) is 4.79 Å². The molecule has 0 bridgehead atoms. The van der Waals surface area contributed by atoms with E-state index in [-0.39, 0.29) is 29.8 Å². The number of benzene rings is 1. The molecule has 1 aromatic rings. The predicted octanol–water partition coefficient (Wildman–Crippen LogP) is 2.74. The van der Waals surface area contributed by atoms with Gasteiger partial charge in [0, 0.05) is 18.6 Å². The van der Waals surface area contributed by atoms with E-state index in [2.05, 4.69) is 5.32 Å². The largest absolute Gasteiger partial charge is 0.396 e. The van der Waals surface area contributed by atoms with E-state index in [4.69, 9.17) is 5.11 Å². The second-order valence-electron chi connectivity index (χ2n) is 5.81. The van der Waals surface area contributed by atoms with Crippen molar-refractivity contribution in [2.75, 3.05) is 6.61 Å². The summed E-state index contributed by atoms with van der Waals surface area (Å²) in [6.07, 6.45) is 4.02. The highest BCUT2D eigenvalue weighted by Gasteiger charge is 2.37. The van der Waals surface area contributed by atoms with E-state index in [9.17, 15) is 9.18 Å². The van der Waals surface area contributed by atoms with E-state index < -0.39 is 0 Å². The van der Waals surface area contributed by atoms with Crippen molar-refractivity contribution in [2.24, 2.45) is 0 Å². The van der Waals surface area contributed by atoms with Crippen LogP contribution in [0.5, 0.6) is 0 Å². The lowest BCUT2D eigenvalue weighted by Crippen LogP contribution is -2.54. The lowest BCUT2D eigenvalue weighted by molar-refractivity contribution is -0.124. The van der Waals surface area contributed by atoms with Gasteiger partial charge in [0.2, 0.25) is 5.91 Å². The number of carbonyl (C=O) groups is 1. The van der Waals surface area contributed by atoms with Crippen LogP contribution in [-0.2, 0) is 4.79 Å². The normalized spacial score (nSPS) is 18.1. The molecule has 20 heavy (non-hydrogen) atoms. The van der Waals surface area contributed by atoms with Crippen molar-refractivity contribution in [1.29, 1.82) is 0 Å². The molecule has 0 unspecified atom stereocenters. The molecular formula is C16H22FNO2. The molecule has 0 heterocycles. The minimum Gasteiger partial charge on any atom is -0.396 e. The van der Waals surface area contributed by atoms with Gasteiger partial charge in [0.25, 0.3) is 0 Å². The summed E-state index contributed by atoms with van der Waals surface area (Å²) < 4.78 is 12.9. The molecule has 1 amide bonds. The molecule has 1 aliphatic carbocycles. The van der Waals surface area contributed by atoms with Crippen LogP contribution in [0, 0.1) is 5.82 Å². The standard InChI is InChI=1S/C16H22FNO2/c1-12(13-3-5-14(17)6-4-13)11-15(20)18-16(9-10-19)7-2-8-16/h3-6,12,19H,2,7-11H2,1H3,(H,18,20)/t12-/m0/s1. The number of hydrogen-bond donors (Lipinski definition) is 2. The molecule has 1 atom stereocenters. The Morgan fingerprint density at radius 3 is 2.55 bits per heavy atom. The maximum absolute atomic E-state index is 12.9. The number of nitrogens with one attached hydrogen (secondary N) is 1. The first-order valence-corrected chi connectivity index (χ1v) is 7.22. The summed E-state index contributed by atoms with van der Waals surface area (Å²) in [5.41, 5.74) is 0.778. The number of amides is 1. The molecule has 1 fully saturated rings. The minimum atomic E-state index is -0.262. The van der Waals surface area contributed by atoms with Crippen molar-refractivity contribution >= 4 is 5.91 Å². The van der Waals surface area contributed by atoms with Crippen LogP contribution in [0.4, 0.5) is 4.39 Å². The first-order chi connectivity index (χ1) is 9.54. The third kappa shape index (κ3) is 3.57. The van der Waals surface area contributed by atoms with E-state index in [1.807, 2.05) is 6.92 Å². The lowest BCUT2D eigenvalue weighted by Gasteiger charge is -2.42. The molecule has 2 rings (SSSR count). The number of aliphatic hydroxyl groups is 1. The summed E-state index contributed by atoms with van der Waals surface area (Å²) in [4.78, 5) is 12.1. The van der Waals surface area contributed by atoms with E-state index in [0.717, 1.165) is 24.8 Å². The highest BCUT2D eigenvalue weighted by Crippen LogP contribution is 2.35. The van der Waals surface area contributed by atoms with Crippen LogP contribution in [0.2, 0.25) is 0 Å². The summed E-state index contributed by atoms with van der Waals surface area (Å²) in [5.74, 6) is -0.196. The summed E-state index contributed by atoms with van der Waals surface area (Å²) in [5, 5.41) is 12.1. The van der Waals surface area contributed by atoms with Crippen molar-refractivity contribution in [1.82, 2.24) is 5.32 Å². The second-order valence-corrected chi connectivity index (χ2v) is 5.81. The Hall–Kier alpha value is -1.42. The van der Waals surface area contributed by atoms with Gasteiger partial charge in [-0.1, -0.05) is 19.1 Å². The molecule has 4 heteroatoms. The average molecular weight is 279 g/mol. The topological polar surface area (TPSA) is 49.3 Å². The monoisotopic (exact) mass is 279 g/mol. The van der Waals surface area contributed by atoms with Gasteiger partial charge in [0.1, 0.15) is 5.82 Å². The molecular weight excluding hydrogens is 257 g/mol. The molecule has 1 saturated carbocycles. The summed E-state index contributed by atoms with van der Waals surface area (Å²) >= 11 is 0. The smallest absolute Gasteiger partial charge is 0.221 e. The molecule has 0 aromatic heterocycles. The Morgan fingerprint density at radius 1 is 1.40 bits per heavy atom. The van der Waals surface area contributed by atoms with Crippen molar-refractivity contribution < 1.29 is 14.3 Å². The molecule has 2 N–H and O–H groups in total. The molecule has 110 valence electrons. The van der Waals surface area contributed by atoms with Crippen molar-refractivity contribution in [3.8, 4) is 0 Å². The fourth-order valence-corrected chi connectivity index (χ4v) is 2.79. The van der Waals surface area contributed by atoms with Crippen molar-refractivity contribution in [2.45, 2.75) is 50.5 Å². The van der Waals surface area contributed by atoms with Crippen LogP contribution in [0.25, 0.3) is 0 Å². The average Bonchev–Trinajstić information content (AvgIpc) is 2.37. The van der Waals surface area contributed by atoms with Gasteiger partial charge in [-0.15, -0.1) is 0 Å². The molecule has 0 radical (unpaired) electrons. The highest BCUT2D eigenvalue weighted by molar-refractivity contribution is 5.77. The van der Waals surface area contributed by atoms with Crippen molar-refractivity contribution in [3.05, 3.63) is 35.6 Å². The van der Waals surface area contributed by atoms with E-state index in [1.165, 1.54) is 12.1 Å². The van der Waals surface area contributed by atoms with E-state index >= 15 is 0 Å². The SMILES string of the molecule is C[C@@H](CC(=O)NC1(CCO)CCC1)c1ccc(F)cc1. The zero-order chi connectivity index (χ0) is 14.6. The van der Waals surface area contributed by atoms with Gasteiger partial charge in [-0.2, -0.15) is 0 Å². The van der Waals surface area contributed by atoms with Crippen LogP contribution in [0.15, 0.2) is 24.3 Å². The number of aliphatic hydroxyl groups excluding tert-OH is 1. The first kappa shape index (κ1) is 15.0. The Balaban J connectivity index is 1.89. The van der Waals surface area contributed by atoms with Crippen LogP contribution in [0.1, 0.15) is 50.5 Å². The van der Waals surface area contributed by atoms with Gasteiger partial charge in [0.05, 0.1) is 0 Å². The maximum Gasteiger partial charge on any atom is 0.221 e. The second kappa shape index (κ2) is 6.35. The molecule has 1 aromatic carbocycles. The quantitative estimate of drug-likeness (QED) is 0.841. The van der Waals surface area contributed by atoms with Crippen LogP contribution < -0.4 is 5.32 Å². The van der Waals surface area contributed by atoms with Crippen molar-refractivity contribution in [3.63, 3.8) is 0 Å². The third-order valence-electron chi connectivity index (χ3n) is 4.24. The summed E-state index contributed by atoms with van der Waals surface area (Å²) in [7, 11) is 0. The van der Waals surface area contributed by atoms with Crippen LogP contribution >= 0.6 is 0 Å². The maximum atomic E-state index is 12.9. The fourth-order valence-electron chi connectivity index (χ4n) is 2.79. The van der Waals surface area contributed by atoms with E-state index in [0.29, 0.717) is 12.8 Å². The zero-order valence-corrected chi connectivity index (χ0v) is 11.9. The number of carbonyl (C=O) groups excluding carboxylic acids is 1. The minimum absolute atomic E-state index is 0.00924. The Bertz CT molecular complexity index is 454. The molecule has 0 aliphatic heterocycles. The van der Waals surface area contributed by atoms with Gasteiger partial charge in [0.15, 0.2) is 0 Å². The van der Waals surface area contributed by atoms with Gasteiger partial charge >= 0.3 is 0 Å². The molecule has 0 spiro atoms. The fraction of sp³-hybridized carbons (Fsp3) is 0.562.